The van der Waals surface area contributed by atoms with Gasteiger partial charge in [-0.3, -0.25) is 4.79 Å². The molecule has 2 N–H and O–H groups in total. The lowest BCUT2D eigenvalue weighted by Gasteiger charge is -2.07. The van der Waals surface area contributed by atoms with E-state index in [-0.39, 0.29) is 5.75 Å². The molecule has 2 aromatic carbocycles. The zero-order valence-corrected chi connectivity index (χ0v) is 14.8. The molecule has 0 bridgehead atoms. The van der Waals surface area contributed by atoms with Gasteiger partial charge in [0.2, 0.25) is 0 Å². The molecule has 6 nitrogen and oxygen atoms in total. The Morgan fingerprint density at radius 2 is 2.04 bits per heavy atom. The summed E-state index contributed by atoms with van der Waals surface area (Å²) >= 11 is 3.31. The summed E-state index contributed by atoms with van der Waals surface area (Å²) in [4.78, 5) is 12.2. The number of ether oxygens (including phenoxy) is 2. The minimum atomic E-state index is -0.403. The summed E-state index contributed by atoms with van der Waals surface area (Å²) in [7, 11) is 1.49. The van der Waals surface area contributed by atoms with Crippen molar-refractivity contribution in [3.63, 3.8) is 0 Å². The summed E-state index contributed by atoms with van der Waals surface area (Å²) in [5, 5.41) is 13.7. The van der Waals surface area contributed by atoms with Crippen molar-refractivity contribution in [2.45, 2.75) is 6.92 Å². The Hall–Kier alpha value is -2.54. The van der Waals surface area contributed by atoms with Crippen LogP contribution in [0.15, 0.2) is 46.0 Å². The summed E-state index contributed by atoms with van der Waals surface area (Å²) < 4.78 is 11.2. The summed E-state index contributed by atoms with van der Waals surface area (Å²) in [6.45, 7) is 2.30. The molecule has 0 atom stereocenters. The van der Waals surface area contributed by atoms with Gasteiger partial charge in [-0.25, -0.2) is 5.43 Å². The first-order valence-corrected chi connectivity index (χ1v) is 7.97. The molecule has 0 saturated heterocycles. The molecule has 0 aromatic heterocycles. The highest BCUT2D eigenvalue weighted by molar-refractivity contribution is 9.10. The number of nitrogens with one attached hydrogen (secondary N) is 1. The van der Waals surface area contributed by atoms with Gasteiger partial charge < -0.3 is 14.6 Å². The number of carbonyl (C=O) groups excluding carboxylic acids is 1. The Labute approximate surface area is 148 Å². The molecule has 0 radical (unpaired) electrons. The van der Waals surface area contributed by atoms with Crippen LogP contribution in [0.25, 0.3) is 0 Å². The molecule has 0 fully saturated rings. The smallest absolute Gasteiger partial charge is 0.275 e. The van der Waals surface area contributed by atoms with E-state index in [1.165, 1.54) is 19.4 Å². The second-order valence-corrected chi connectivity index (χ2v) is 5.62. The Bertz CT molecular complexity index is 762. The molecule has 0 saturated carbocycles. The Morgan fingerprint density at radius 3 is 2.71 bits per heavy atom. The van der Waals surface area contributed by atoms with Crippen molar-refractivity contribution in [2.75, 3.05) is 13.7 Å². The maximum absolute atomic E-state index is 12.2. The number of nitrogens with zero attached hydrogens (tertiary/aromatic N) is 1. The maximum atomic E-state index is 12.2. The van der Waals surface area contributed by atoms with Gasteiger partial charge in [0.1, 0.15) is 5.75 Å². The van der Waals surface area contributed by atoms with E-state index in [0.717, 1.165) is 4.47 Å². The fraction of sp³-hybridized carbons (Fsp3) is 0.176. The zero-order chi connectivity index (χ0) is 17.5. The first-order valence-electron chi connectivity index (χ1n) is 7.18. The number of hydrogen-bond acceptors (Lipinski definition) is 5. The lowest BCUT2D eigenvalue weighted by molar-refractivity contribution is 0.0952. The molecule has 126 valence electrons. The fourth-order valence-corrected chi connectivity index (χ4v) is 2.34. The van der Waals surface area contributed by atoms with E-state index in [0.29, 0.717) is 29.2 Å². The van der Waals surface area contributed by atoms with Crippen LogP contribution in [-0.4, -0.2) is 30.9 Å². The number of hydrazone groups is 1. The minimum absolute atomic E-state index is 0.0146. The third kappa shape index (κ3) is 4.48. The van der Waals surface area contributed by atoms with Crippen molar-refractivity contribution in [3.05, 3.63) is 52.0 Å². The van der Waals surface area contributed by atoms with Crippen LogP contribution in [0.1, 0.15) is 22.8 Å². The van der Waals surface area contributed by atoms with Crippen molar-refractivity contribution >= 4 is 28.1 Å². The van der Waals surface area contributed by atoms with Crippen LogP contribution in [0.4, 0.5) is 0 Å². The van der Waals surface area contributed by atoms with E-state index in [1.54, 1.807) is 30.3 Å². The first kappa shape index (κ1) is 17.8. The predicted molar refractivity (Wildman–Crippen MR) is 95.0 cm³/mol. The van der Waals surface area contributed by atoms with Gasteiger partial charge in [-0.1, -0.05) is 15.9 Å². The number of halogens is 1. The van der Waals surface area contributed by atoms with Gasteiger partial charge in [0, 0.05) is 4.47 Å². The molecule has 0 heterocycles. The van der Waals surface area contributed by atoms with Crippen LogP contribution in [0, 0.1) is 0 Å². The van der Waals surface area contributed by atoms with E-state index in [1.807, 2.05) is 6.92 Å². The van der Waals surface area contributed by atoms with Gasteiger partial charge in [-0.05, 0) is 48.9 Å². The fourth-order valence-electron chi connectivity index (χ4n) is 1.98. The van der Waals surface area contributed by atoms with Crippen LogP contribution in [0.2, 0.25) is 0 Å². The monoisotopic (exact) mass is 392 g/mol. The highest BCUT2D eigenvalue weighted by atomic mass is 79.9. The Kier molecular flexibility index (Phi) is 6.20. The SMILES string of the molecule is CCOc1ccc(/C=N/NC(=O)c2cc(Br)ccc2OC)cc1O. The van der Waals surface area contributed by atoms with Gasteiger partial charge in [0.15, 0.2) is 11.5 Å². The molecular weight excluding hydrogens is 376 g/mol. The van der Waals surface area contributed by atoms with Gasteiger partial charge in [0.05, 0.1) is 25.5 Å². The third-order valence-corrected chi connectivity index (χ3v) is 3.56. The predicted octanol–water partition coefficient (Wildman–Crippen LogP) is 3.33. The normalized spacial score (nSPS) is 10.6. The van der Waals surface area contributed by atoms with Crippen molar-refractivity contribution in [1.29, 1.82) is 0 Å². The third-order valence-electron chi connectivity index (χ3n) is 3.07. The van der Waals surface area contributed by atoms with Crippen LogP contribution in [0.5, 0.6) is 17.2 Å². The lowest BCUT2D eigenvalue weighted by atomic mass is 10.2. The molecule has 2 aromatic rings. The maximum Gasteiger partial charge on any atom is 0.275 e. The minimum Gasteiger partial charge on any atom is -0.504 e. The number of aromatic hydroxyl groups is 1. The highest BCUT2D eigenvalue weighted by Crippen LogP contribution is 2.26. The Balaban J connectivity index is 2.07. The molecule has 0 aliphatic carbocycles. The number of phenols is 1. The van der Waals surface area contributed by atoms with E-state index in [4.69, 9.17) is 9.47 Å². The number of carbonyl (C=O) groups is 1. The number of hydrogen-bond donors (Lipinski definition) is 2. The molecular formula is C17H17BrN2O4. The molecule has 24 heavy (non-hydrogen) atoms. The van der Waals surface area contributed by atoms with Gasteiger partial charge in [-0.2, -0.15) is 5.10 Å². The molecule has 0 aliphatic rings. The molecule has 0 aliphatic heterocycles. The largest absolute Gasteiger partial charge is 0.504 e. The van der Waals surface area contributed by atoms with Crippen LogP contribution in [0.3, 0.4) is 0 Å². The summed E-state index contributed by atoms with van der Waals surface area (Å²) in [5.74, 6) is 0.461. The van der Waals surface area contributed by atoms with Gasteiger partial charge >= 0.3 is 0 Å². The number of amides is 1. The Morgan fingerprint density at radius 1 is 1.29 bits per heavy atom. The summed E-state index contributed by atoms with van der Waals surface area (Å²) in [6.07, 6.45) is 1.43. The molecule has 0 spiro atoms. The molecule has 0 unspecified atom stereocenters. The number of methoxy groups -OCH3 is 1. The average Bonchev–Trinajstić information content (AvgIpc) is 2.57. The number of phenolic OH excluding ortho intramolecular Hbond substituents is 1. The van der Waals surface area contributed by atoms with E-state index in [9.17, 15) is 9.90 Å². The lowest BCUT2D eigenvalue weighted by Crippen LogP contribution is -2.18. The van der Waals surface area contributed by atoms with Crippen molar-refractivity contribution < 1.29 is 19.4 Å². The first-order chi connectivity index (χ1) is 11.5. The molecule has 7 heteroatoms. The van der Waals surface area contributed by atoms with Crippen LogP contribution >= 0.6 is 15.9 Å². The second-order valence-electron chi connectivity index (χ2n) is 4.70. The average molecular weight is 393 g/mol. The van der Waals surface area contributed by atoms with Crippen LogP contribution < -0.4 is 14.9 Å². The van der Waals surface area contributed by atoms with Crippen molar-refractivity contribution in [1.82, 2.24) is 5.43 Å². The zero-order valence-electron chi connectivity index (χ0n) is 13.2. The highest BCUT2D eigenvalue weighted by Gasteiger charge is 2.12. The van der Waals surface area contributed by atoms with Crippen molar-refractivity contribution in [2.24, 2.45) is 5.10 Å². The molecule has 1 amide bonds. The molecule has 2 rings (SSSR count). The topological polar surface area (TPSA) is 80.2 Å². The standard InChI is InChI=1S/C17H17BrN2O4/c1-3-24-16-6-4-11(8-14(16)21)10-19-20-17(22)13-9-12(18)5-7-15(13)23-2/h4-10,21H,3H2,1-2H3,(H,20,22)/b19-10+. The second kappa shape index (κ2) is 8.35. The number of benzene rings is 2. The summed E-state index contributed by atoms with van der Waals surface area (Å²) in [5.41, 5.74) is 3.41. The van der Waals surface area contributed by atoms with E-state index in [2.05, 4.69) is 26.5 Å². The van der Waals surface area contributed by atoms with Gasteiger partial charge in [-0.15, -0.1) is 0 Å². The van der Waals surface area contributed by atoms with Gasteiger partial charge in [0.25, 0.3) is 5.91 Å². The quantitative estimate of drug-likeness (QED) is 0.583. The van der Waals surface area contributed by atoms with Crippen LogP contribution in [-0.2, 0) is 0 Å². The van der Waals surface area contributed by atoms with E-state index < -0.39 is 5.91 Å². The number of rotatable bonds is 6. The van der Waals surface area contributed by atoms with E-state index >= 15 is 0 Å². The summed E-state index contributed by atoms with van der Waals surface area (Å²) in [6, 6.07) is 9.97. The van der Waals surface area contributed by atoms with Crippen molar-refractivity contribution in [3.8, 4) is 17.2 Å².